The topological polar surface area (TPSA) is 33.1 Å². The Morgan fingerprint density at radius 2 is 1.72 bits per heavy atom. The maximum Gasteiger partial charge on any atom is 0.0759 e. The molecule has 0 amide bonds. The molecule has 5 rings (SSSR count). The predicted molar refractivity (Wildman–Crippen MR) is 69.9 cm³/mol. The third-order valence-corrected chi connectivity index (χ3v) is 5.74. The van der Waals surface area contributed by atoms with Gasteiger partial charge in [-0.2, -0.15) is 0 Å². The quantitative estimate of drug-likeness (QED) is 0.866. The second kappa shape index (κ2) is 3.80. The number of aliphatic hydroxyl groups is 1. The zero-order valence-corrected chi connectivity index (χ0v) is 10.8. The van der Waals surface area contributed by atoms with Crippen molar-refractivity contribution in [1.29, 1.82) is 0 Å². The van der Waals surface area contributed by atoms with Gasteiger partial charge in [-0.3, -0.25) is 4.98 Å². The van der Waals surface area contributed by atoms with Crippen LogP contribution in [0.4, 0.5) is 0 Å². The largest absolute Gasteiger partial charge is 0.389 e. The maximum absolute atomic E-state index is 11.2. The Morgan fingerprint density at radius 1 is 1.06 bits per heavy atom. The normalized spacial score (nSPS) is 45.4. The molecule has 96 valence electrons. The number of pyridine rings is 1. The van der Waals surface area contributed by atoms with Crippen molar-refractivity contribution in [2.24, 2.45) is 23.7 Å². The van der Waals surface area contributed by atoms with Crippen LogP contribution in [0, 0.1) is 23.7 Å². The predicted octanol–water partition coefficient (Wildman–Crippen LogP) is 2.81. The van der Waals surface area contributed by atoms with Gasteiger partial charge in [0.25, 0.3) is 0 Å². The second-order valence-electron chi connectivity index (χ2n) is 6.79. The number of rotatable bonds is 2. The van der Waals surface area contributed by atoms with E-state index < -0.39 is 5.60 Å². The first-order chi connectivity index (χ1) is 8.74. The molecule has 1 aromatic rings. The summed E-state index contributed by atoms with van der Waals surface area (Å²) in [7, 11) is 0. The summed E-state index contributed by atoms with van der Waals surface area (Å²) in [6.07, 6.45) is 9.09. The molecule has 2 heteroatoms. The lowest BCUT2D eigenvalue weighted by Gasteiger charge is -2.59. The van der Waals surface area contributed by atoms with Gasteiger partial charge < -0.3 is 5.11 Å². The van der Waals surface area contributed by atoms with E-state index in [1.165, 1.54) is 32.1 Å². The van der Waals surface area contributed by atoms with E-state index in [1.807, 2.05) is 18.3 Å². The monoisotopic (exact) mass is 243 g/mol. The smallest absolute Gasteiger partial charge is 0.0759 e. The molecule has 4 saturated carbocycles. The van der Waals surface area contributed by atoms with Crippen molar-refractivity contribution in [3.8, 4) is 0 Å². The summed E-state index contributed by atoms with van der Waals surface area (Å²) in [5, 5.41) is 11.2. The summed E-state index contributed by atoms with van der Waals surface area (Å²) in [5.41, 5.74) is 0.606. The van der Waals surface area contributed by atoms with Gasteiger partial charge in [-0.05, 0) is 67.9 Å². The molecule has 0 aliphatic heterocycles. The summed E-state index contributed by atoms with van der Waals surface area (Å²) >= 11 is 0. The van der Waals surface area contributed by atoms with Gasteiger partial charge in [-0.25, -0.2) is 0 Å². The van der Waals surface area contributed by atoms with Gasteiger partial charge in [0.15, 0.2) is 0 Å². The summed E-state index contributed by atoms with van der Waals surface area (Å²) in [6.45, 7) is 0. The van der Waals surface area contributed by atoms with Gasteiger partial charge in [0.2, 0.25) is 0 Å². The summed E-state index contributed by atoms with van der Waals surface area (Å²) in [5.74, 6) is 2.90. The van der Waals surface area contributed by atoms with E-state index in [2.05, 4.69) is 11.1 Å². The summed E-state index contributed by atoms with van der Waals surface area (Å²) < 4.78 is 0. The second-order valence-corrected chi connectivity index (χ2v) is 6.79. The third kappa shape index (κ3) is 1.55. The first-order valence-corrected chi connectivity index (χ1v) is 7.36. The average Bonchev–Trinajstić information content (AvgIpc) is 2.37. The average molecular weight is 243 g/mol. The highest BCUT2D eigenvalue weighted by atomic mass is 16.3. The van der Waals surface area contributed by atoms with E-state index >= 15 is 0 Å². The van der Waals surface area contributed by atoms with Crippen molar-refractivity contribution in [1.82, 2.24) is 4.98 Å². The highest BCUT2D eigenvalue weighted by Gasteiger charge is 2.56. The van der Waals surface area contributed by atoms with Crippen molar-refractivity contribution >= 4 is 0 Å². The fourth-order valence-electron chi connectivity index (χ4n) is 5.08. The zero-order valence-electron chi connectivity index (χ0n) is 10.8. The molecule has 18 heavy (non-hydrogen) atoms. The lowest BCUT2D eigenvalue weighted by atomic mass is 9.49. The van der Waals surface area contributed by atoms with Gasteiger partial charge >= 0.3 is 0 Å². The van der Waals surface area contributed by atoms with Crippen LogP contribution in [0.1, 0.15) is 37.8 Å². The van der Waals surface area contributed by atoms with Crippen LogP contribution in [-0.2, 0) is 6.42 Å². The Morgan fingerprint density at radius 3 is 2.28 bits per heavy atom. The van der Waals surface area contributed by atoms with E-state index in [0.29, 0.717) is 11.8 Å². The standard InChI is InChI=1S/C16H21NO/c18-16(10-15-3-1-2-4-17-15)13-6-11-5-12(8-13)9-14(16)7-11/h1-4,11-14,18H,5-10H2. The summed E-state index contributed by atoms with van der Waals surface area (Å²) in [6, 6.07) is 6.04. The van der Waals surface area contributed by atoms with Crippen LogP contribution in [0.3, 0.4) is 0 Å². The fourth-order valence-corrected chi connectivity index (χ4v) is 5.08. The van der Waals surface area contributed by atoms with Gasteiger partial charge in [0.1, 0.15) is 0 Å². The number of nitrogens with zero attached hydrogens (tertiary/aromatic N) is 1. The van der Waals surface area contributed by atoms with E-state index in [1.54, 1.807) is 0 Å². The SMILES string of the molecule is OC1(Cc2ccccn2)C2CC3CC(C2)CC1C3. The van der Waals surface area contributed by atoms with Gasteiger partial charge in [0, 0.05) is 18.3 Å². The van der Waals surface area contributed by atoms with Crippen LogP contribution >= 0.6 is 0 Å². The molecule has 4 aliphatic rings. The van der Waals surface area contributed by atoms with Crippen LogP contribution in [-0.4, -0.2) is 15.7 Å². The molecular formula is C16H21NO. The molecule has 2 nitrogen and oxygen atoms in total. The molecule has 4 bridgehead atoms. The molecule has 1 heterocycles. The molecule has 0 aromatic carbocycles. The summed E-state index contributed by atoms with van der Waals surface area (Å²) in [4.78, 5) is 4.42. The van der Waals surface area contributed by atoms with E-state index in [-0.39, 0.29) is 0 Å². The van der Waals surface area contributed by atoms with E-state index in [4.69, 9.17) is 0 Å². The molecule has 0 atom stereocenters. The number of hydrogen-bond acceptors (Lipinski definition) is 2. The Balaban J connectivity index is 1.63. The lowest BCUT2D eigenvalue weighted by molar-refractivity contribution is -0.172. The molecule has 1 aromatic heterocycles. The van der Waals surface area contributed by atoms with Crippen LogP contribution in [0.25, 0.3) is 0 Å². The first-order valence-electron chi connectivity index (χ1n) is 7.36. The Kier molecular flexibility index (Phi) is 2.32. The molecule has 0 radical (unpaired) electrons. The first kappa shape index (κ1) is 11.0. The highest BCUT2D eigenvalue weighted by molar-refractivity contribution is 5.14. The molecule has 4 fully saturated rings. The third-order valence-electron chi connectivity index (χ3n) is 5.74. The van der Waals surface area contributed by atoms with Crippen molar-refractivity contribution in [3.05, 3.63) is 30.1 Å². The minimum atomic E-state index is -0.457. The molecule has 0 saturated heterocycles. The molecular weight excluding hydrogens is 222 g/mol. The van der Waals surface area contributed by atoms with Gasteiger partial charge in [0.05, 0.1) is 5.60 Å². The fraction of sp³-hybridized carbons (Fsp3) is 0.688. The Hall–Kier alpha value is -0.890. The zero-order chi connectivity index (χ0) is 12.2. The van der Waals surface area contributed by atoms with Crippen LogP contribution < -0.4 is 0 Å². The molecule has 4 aliphatic carbocycles. The minimum Gasteiger partial charge on any atom is -0.389 e. The van der Waals surface area contributed by atoms with Crippen molar-refractivity contribution in [2.75, 3.05) is 0 Å². The van der Waals surface area contributed by atoms with E-state index in [0.717, 1.165) is 24.0 Å². The number of hydrogen-bond donors (Lipinski definition) is 1. The van der Waals surface area contributed by atoms with Gasteiger partial charge in [-0.15, -0.1) is 0 Å². The van der Waals surface area contributed by atoms with Crippen LogP contribution in [0.2, 0.25) is 0 Å². The molecule has 1 N–H and O–H groups in total. The Bertz CT molecular complexity index is 414. The van der Waals surface area contributed by atoms with Crippen molar-refractivity contribution in [3.63, 3.8) is 0 Å². The van der Waals surface area contributed by atoms with E-state index in [9.17, 15) is 5.11 Å². The lowest BCUT2D eigenvalue weighted by Crippen LogP contribution is -2.58. The minimum absolute atomic E-state index is 0.457. The van der Waals surface area contributed by atoms with Crippen molar-refractivity contribution < 1.29 is 5.11 Å². The Labute approximate surface area is 108 Å². The highest BCUT2D eigenvalue weighted by Crippen LogP contribution is 2.58. The van der Waals surface area contributed by atoms with Gasteiger partial charge in [-0.1, -0.05) is 6.07 Å². The maximum atomic E-state index is 11.2. The van der Waals surface area contributed by atoms with Crippen molar-refractivity contribution in [2.45, 2.75) is 44.1 Å². The van der Waals surface area contributed by atoms with Crippen LogP contribution in [0.5, 0.6) is 0 Å². The molecule has 0 spiro atoms. The number of aromatic nitrogens is 1. The van der Waals surface area contributed by atoms with Crippen LogP contribution in [0.15, 0.2) is 24.4 Å². The molecule has 0 unspecified atom stereocenters.